The van der Waals surface area contributed by atoms with Crippen molar-refractivity contribution in [2.24, 2.45) is 50.2 Å². The molecule has 5 aliphatic carbocycles. The Hall–Kier alpha value is -2.86. The van der Waals surface area contributed by atoms with Crippen LogP contribution in [-0.2, 0) is 47.6 Å². The van der Waals surface area contributed by atoms with Crippen LogP contribution in [0.25, 0.3) is 0 Å². The molecule has 2 heterocycles. The molecule has 2 aliphatic heterocycles. The Morgan fingerprint density at radius 1 is 0.761 bits per heavy atom. The molecular weight excluding hydrogens is 884 g/mol. The number of carboxylic acid groups (broad SMARTS) is 4. The van der Waals surface area contributed by atoms with Crippen molar-refractivity contribution < 1.29 is 98.7 Å². The minimum absolute atomic E-state index is 0.00603. The Morgan fingerprint density at radius 2 is 1.43 bits per heavy atom. The van der Waals surface area contributed by atoms with E-state index in [0.29, 0.717) is 25.7 Å². The second-order valence-electron chi connectivity index (χ2n) is 22.7. The number of carbonyl (C=O) groups is 4. The largest absolute Gasteiger partial charge is 0.481 e. The Bertz CT molecular complexity index is 1920. The summed E-state index contributed by atoms with van der Waals surface area (Å²) >= 11 is 0. The number of hydrogen-bond donors (Lipinski definition) is 10. The van der Waals surface area contributed by atoms with Crippen molar-refractivity contribution in [2.45, 2.75) is 193 Å². The summed E-state index contributed by atoms with van der Waals surface area (Å²) in [6, 6.07) is 0. The van der Waals surface area contributed by atoms with Crippen molar-refractivity contribution in [3.8, 4) is 0 Å². The fraction of sp³-hybridized carbons (Fsp3) is 0.872. The van der Waals surface area contributed by atoms with Gasteiger partial charge in [-0.3, -0.25) is 4.79 Å². The molecule has 67 heavy (non-hydrogen) atoms. The molecule has 6 fully saturated rings. The van der Waals surface area contributed by atoms with Crippen molar-refractivity contribution in [2.75, 3.05) is 13.2 Å². The molecule has 0 aromatic heterocycles. The van der Waals surface area contributed by atoms with Gasteiger partial charge in [0.2, 0.25) is 6.10 Å². The summed E-state index contributed by atoms with van der Waals surface area (Å²) in [5, 5.41) is 104. The Morgan fingerprint density at radius 3 is 2.04 bits per heavy atom. The van der Waals surface area contributed by atoms with Gasteiger partial charge in [-0.2, -0.15) is 0 Å². The highest BCUT2D eigenvalue weighted by molar-refractivity contribution is 5.77. The van der Waals surface area contributed by atoms with E-state index in [1.54, 1.807) is 0 Å². The van der Waals surface area contributed by atoms with Gasteiger partial charge in [0.25, 0.3) is 0 Å². The van der Waals surface area contributed by atoms with Gasteiger partial charge in [0.15, 0.2) is 25.0 Å². The van der Waals surface area contributed by atoms with E-state index in [2.05, 4.69) is 40.7 Å². The second-order valence-corrected chi connectivity index (χ2v) is 22.7. The van der Waals surface area contributed by atoms with Crippen LogP contribution in [0.4, 0.5) is 0 Å². The molecule has 0 spiro atoms. The molecule has 0 aromatic carbocycles. The predicted octanol–water partition coefficient (Wildman–Crippen LogP) is 1.87. The SMILES string of the molecule is CC1(C)CCC2(C(=O)O)CCC3(C)C(=CCC4C5(C)CCC(OC6OC(C(=O)O)C(O)C(OC(OCC(=O)O)C(O)C(=O)O)C6OC6OC(CO)C(O)C(O)C6O)C(C)(C)C5CCC43C)C2C1. The quantitative estimate of drug-likeness (QED) is 0.0675. The number of rotatable bonds is 14. The number of hydrogen-bond acceptors (Lipinski definition) is 16. The van der Waals surface area contributed by atoms with Crippen LogP contribution in [0.15, 0.2) is 11.6 Å². The molecule has 0 aromatic rings. The lowest BCUT2D eigenvalue weighted by molar-refractivity contribution is -0.387. The minimum atomic E-state index is -2.59. The van der Waals surface area contributed by atoms with Crippen LogP contribution in [0.3, 0.4) is 0 Å². The molecule has 20 heteroatoms. The van der Waals surface area contributed by atoms with Gasteiger partial charge in [-0.25, -0.2) is 14.4 Å². The van der Waals surface area contributed by atoms with Crippen LogP contribution in [0.2, 0.25) is 0 Å². The van der Waals surface area contributed by atoms with Crippen LogP contribution >= 0.6 is 0 Å². The molecule has 7 rings (SSSR count). The number of aliphatic carboxylic acids is 4. The smallest absolute Gasteiger partial charge is 0.337 e. The molecule has 2 saturated heterocycles. The summed E-state index contributed by atoms with van der Waals surface area (Å²) in [4.78, 5) is 49.3. The van der Waals surface area contributed by atoms with E-state index in [9.17, 15) is 70.2 Å². The normalized spacial score (nSPS) is 46.6. The molecule has 4 saturated carbocycles. The van der Waals surface area contributed by atoms with Crippen molar-refractivity contribution >= 4 is 23.9 Å². The average molecular weight is 957 g/mol. The molecular formula is C47H72O20. The summed E-state index contributed by atoms with van der Waals surface area (Å²) in [5.41, 5.74) is -0.846. The van der Waals surface area contributed by atoms with Crippen LogP contribution < -0.4 is 0 Å². The molecule has 7 aliphatic rings. The Kier molecular flexibility index (Phi) is 14.3. The van der Waals surface area contributed by atoms with Gasteiger partial charge in [0, 0.05) is 0 Å². The maximum atomic E-state index is 13.2. The zero-order valence-corrected chi connectivity index (χ0v) is 39.4. The van der Waals surface area contributed by atoms with E-state index in [1.165, 1.54) is 5.57 Å². The van der Waals surface area contributed by atoms with Crippen LogP contribution in [0.5, 0.6) is 0 Å². The standard InChI is InChI=1S/C47H72O20/c1-42(2)14-16-47(41(60)61)17-15-45(6)21(22(47)18-42)8-9-25-44(5)12-11-26(43(3,4)24(44)10-13-46(25,45)7)64-40-35(67-39-30(53)29(52)28(51)23(19-48)63-39)33(31(54)34(66-40)37(58)59)65-38(32(55)36(56)57)62-20-27(49)50/h8,22-26,28-35,38-40,48,51-55H,9-20H2,1-7H3,(H,49,50)(H,56,57)(H,58,59)(H,60,61). The lowest BCUT2D eigenvalue weighted by atomic mass is 9.33. The van der Waals surface area contributed by atoms with E-state index < -0.39 is 128 Å². The van der Waals surface area contributed by atoms with Crippen molar-refractivity contribution in [3.63, 3.8) is 0 Å². The first-order chi connectivity index (χ1) is 31.1. The summed E-state index contributed by atoms with van der Waals surface area (Å²) in [5.74, 6) is -5.81. The lowest BCUT2D eigenvalue weighted by Crippen LogP contribution is -2.68. The van der Waals surface area contributed by atoms with Crippen molar-refractivity contribution in [1.29, 1.82) is 0 Å². The Balaban J connectivity index is 1.22. The molecule has 20 nitrogen and oxygen atoms in total. The number of fused-ring (bicyclic) bond motifs is 7. The molecule has 10 N–H and O–H groups in total. The highest BCUT2D eigenvalue weighted by Crippen LogP contribution is 2.76. The maximum Gasteiger partial charge on any atom is 0.337 e. The number of ether oxygens (including phenoxy) is 6. The first-order valence-corrected chi connectivity index (χ1v) is 23.6. The summed E-state index contributed by atoms with van der Waals surface area (Å²) < 4.78 is 35.3. The van der Waals surface area contributed by atoms with Crippen LogP contribution in [0.1, 0.15) is 113 Å². The van der Waals surface area contributed by atoms with Gasteiger partial charge in [0.05, 0.1) is 18.1 Å². The first-order valence-electron chi connectivity index (χ1n) is 23.6. The number of aliphatic hydroxyl groups is 6. The molecule has 380 valence electrons. The third kappa shape index (κ3) is 8.65. The summed E-state index contributed by atoms with van der Waals surface area (Å²) in [6.07, 6.45) is -15.7. The van der Waals surface area contributed by atoms with E-state index in [0.717, 1.165) is 38.5 Å². The summed E-state index contributed by atoms with van der Waals surface area (Å²) in [7, 11) is 0. The lowest BCUT2D eigenvalue weighted by Gasteiger charge is -2.71. The van der Waals surface area contributed by atoms with Crippen LogP contribution in [0, 0.1) is 50.2 Å². The zero-order chi connectivity index (χ0) is 49.6. The van der Waals surface area contributed by atoms with E-state index >= 15 is 0 Å². The van der Waals surface area contributed by atoms with Gasteiger partial charge < -0.3 is 79.5 Å². The highest BCUT2D eigenvalue weighted by atomic mass is 16.8. The van der Waals surface area contributed by atoms with Crippen LogP contribution in [-0.4, -0.2) is 168 Å². The third-order valence-electron chi connectivity index (χ3n) is 18.4. The summed E-state index contributed by atoms with van der Waals surface area (Å²) in [6.45, 7) is 13.6. The second kappa shape index (κ2) is 18.4. The van der Waals surface area contributed by atoms with E-state index in [1.807, 2.05) is 13.8 Å². The fourth-order valence-corrected chi connectivity index (χ4v) is 14.4. The minimum Gasteiger partial charge on any atom is -0.481 e. The predicted molar refractivity (Wildman–Crippen MR) is 228 cm³/mol. The van der Waals surface area contributed by atoms with Gasteiger partial charge in [-0.15, -0.1) is 0 Å². The van der Waals surface area contributed by atoms with Gasteiger partial charge >= 0.3 is 23.9 Å². The maximum absolute atomic E-state index is 13.2. The molecule has 20 unspecified atom stereocenters. The molecule has 20 atom stereocenters. The number of aliphatic hydroxyl groups excluding tert-OH is 6. The number of allylic oxidation sites excluding steroid dienone is 2. The van der Waals surface area contributed by atoms with Crippen molar-refractivity contribution in [3.05, 3.63) is 11.6 Å². The van der Waals surface area contributed by atoms with Gasteiger partial charge in [-0.1, -0.05) is 60.1 Å². The van der Waals surface area contributed by atoms with Gasteiger partial charge in [-0.05, 0) is 109 Å². The van der Waals surface area contributed by atoms with Crippen molar-refractivity contribution in [1.82, 2.24) is 0 Å². The topological polar surface area (TPSA) is 326 Å². The monoisotopic (exact) mass is 956 g/mol. The Labute approximate surface area is 389 Å². The third-order valence-corrected chi connectivity index (χ3v) is 18.4. The average Bonchev–Trinajstić information content (AvgIpc) is 3.24. The highest BCUT2D eigenvalue weighted by Gasteiger charge is 2.70. The molecule has 0 amide bonds. The zero-order valence-electron chi connectivity index (χ0n) is 39.4. The molecule has 0 bridgehead atoms. The van der Waals surface area contributed by atoms with E-state index in [-0.39, 0.29) is 39.4 Å². The fourth-order valence-electron chi connectivity index (χ4n) is 14.4. The number of carboxylic acids is 4. The first kappa shape index (κ1) is 52.0. The van der Waals surface area contributed by atoms with Gasteiger partial charge in [0.1, 0.15) is 49.3 Å². The molecule has 0 radical (unpaired) electrons. The van der Waals surface area contributed by atoms with E-state index in [4.69, 9.17) is 28.4 Å².